The predicted octanol–water partition coefficient (Wildman–Crippen LogP) is 3.14. The van der Waals surface area contributed by atoms with Gasteiger partial charge in [0.1, 0.15) is 11.6 Å². The van der Waals surface area contributed by atoms with Gasteiger partial charge in [0.05, 0.1) is 5.56 Å². The van der Waals surface area contributed by atoms with Crippen molar-refractivity contribution in [2.75, 3.05) is 0 Å². The molecule has 24 heavy (non-hydrogen) atoms. The minimum absolute atomic E-state index is 0.0879. The Hall–Kier alpha value is -2.76. The van der Waals surface area contributed by atoms with Crippen LogP contribution in [-0.4, -0.2) is 17.9 Å². The molecule has 6 heteroatoms. The number of rotatable bonds is 5. The molecule has 0 spiro atoms. The zero-order valence-corrected chi connectivity index (χ0v) is 12.7. The molecule has 1 amide bonds. The van der Waals surface area contributed by atoms with Crippen molar-refractivity contribution in [2.45, 2.75) is 25.0 Å². The van der Waals surface area contributed by atoms with E-state index in [2.05, 4.69) is 5.32 Å². The van der Waals surface area contributed by atoms with Crippen LogP contribution in [0.3, 0.4) is 0 Å². The Morgan fingerprint density at radius 1 is 1.08 bits per heavy atom. The second-order valence-corrected chi connectivity index (χ2v) is 5.60. The molecule has 4 nitrogen and oxygen atoms in total. The average Bonchev–Trinajstić information content (AvgIpc) is 3.37. The highest BCUT2D eigenvalue weighted by Crippen LogP contribution is 2.24. The minimum atomic E-state index is -1.19. The zero-order valence-electron chi connectivity index (χ0n) is 12.7. The van der Waals surface area contributed by atoms with Gasteiger partial charge in [-0.3, -0.25) is 4.79 Å². The number of amides is 1. The molecule has 124 valence electrons. The normalized spacial score (nSPS) is 14.8. The van der Waals surface area contributed by atoms with Crippen molar-refractivity contribution >= 4 is 11.9 Å². The van der Waals surface area contributed by atoms with Gasteiger partial charge in [-0.25, -0.2) is 13.6 Å². The Morgan fingerprint density at radius 2 is 1.79 bits per heavy atom. The Kier molecular flexibility index (Phi) is 4.55. The summed E-state index contributed by atoms with van der Waals surface area (Å²) in [6, 6.07) is 11.1. The van der Waals surface area contributed by atoms with Gasteiger partial charge < -0.3 is 10.1 Å². The fraction of sp³-hybridized carbons (Fsp3) is 0.222. The number of esters is 1. The van der Waals surface area contributed by atoms with Gasteiger partial charge in [-0.15, -0.1) is 0 Å². The first-order valence-electron chi connectivity index (χ1n) is 7.56. The van der Waals surface area contributed by atoms with Gasteiger partial charge >= 0.3 is 5.97 Å². The lowest BCUT2D eigenvalue weighted by Gasteiger charge is -2.18. The molecule has 3 rings (SSSR count). The SMILES string of the molecule is O=C(O[C@H](C(=O)NC1CC1)c1ccccc1)c1ccc(F)cc1F. The summed E-state index contributed by atoms with van der Waals surface area (Å²) in [5, 5.41) is 2.76. The highest BCUT2D eigenvalue weighted by molar-refractivity contribution is 5.93. The second kappa shape index (κ2) is 6.78. The fourth-order valence-corrected chi connectivity index (χ4v) is 2.23. The van der Waals surface area contributed by atoms with E-state index in [4.69, 9.17) is 4.74 Å². The lowest BCUT2D eigenvalue weighted by atomic mass is 10.1. The first-order chi connectivity index (χ1) is 11.5. The third kappa shape index (κ3) is 3.76. The Balaban J connectivity index is 1.82. The van der Waals surface area contributed by atoms with Crippen LogP contribution in [0.1, 0.15) is 34.9 Å². The maximum Gasteiger partial charge on any atom is 0.342 e. The molecular formula is C18H15F2NO3. The maximum absolute atomic E-state index is 13.7. The number of hydrogen-bond donors (Lipinski definition) is 1. The van der Waals surface area contributed by atoms with Gasteiger partial charge in [-0.2, -0.15) is 0 Å². The largest absolute Gasteiger partial charge is 0.444 e. The quantitative estimate of drug-likeness (QED) is 0.857. The van der Waals surface area contributed by atoms with E-state index < -0.39 is 35.2 Å². The van der Waals surface area contributed by atoms with Crippen LogP contribution in [0.15, 0.2) is 48.5 Å². The van der Waals surface area contributed by atoms with Crippen molar-refractivity contribution in [3.8, 4) is 0 Å². The lowest BCUT2D eigenvalue weighted by molar-refractivity contribution is -0.130. The van der Waals surface area contributed by atoms with Crippen LogP contribution in [0.4, 0.5) is 8.78 Å². The van der Waals surface area contributed by atoms with Crippen molar-refractivity contribution in [3.05, 3.63) is 71.3 Å². The lowest BCUT2D eigenvalue weighted by Crippen LogP contribution is -2.33. The van der Waals surface area contributed by atoms with E-state index in [0.717, 1.165) is 25.0 Å². The number of carbonyl (C=O) groups excluding carboxylic acids is 2. The van der Waals surface area contributed by atoms with Crippen molar-refractivity contribution in [1.29, 1.82) is 0 Å². The van der Waals surface area contributed by atoms with Crippen molar-refractivity contribution in [3.63, 3.8) is 0 Å². The number of nitrogens with one attached hydrogen (secondary N) is 1. The molecule has 0 unspecified atom stereocenters. The summed E-state index contributed by atoms with van der Waals surface area (Å²) in [6.07, 6.45) is 0.574. The van der Waals surface area contributed by atoms with E-state index in [1.807, 2.05) is 0 Å². The number of halogens is 2. The average molecular weight is 331 g/mol. The smallest absolute Gasteiger partial charge is 0.342 e. The van der Waals surface area contributed by atoms with Crippen LogP contribution in [-0.2, 0) is 9.53 Å². The van der Waals surface area contributed by atoms with Gasteiger partial charge in [-0.05, 0) is 25.0 Å². The molecule has 2 aromatic carbocycles. The maximum atomic E-state index is 13.7. The monoisotopic (exact) mass is 331 g/mol. The standard InChI is InChI=1S/C18H15F2NO3/c19-12-6-9-14(15(20)10-12)18(23)24-16(11-4-2-1-3-5-11)17(22)21-13-7-8-13/h1-6,9-10,13,16H,7-8H2,(H,21,22)/t16-/m0/s1. The predicted molar refractivity (Wildman–Crippen MR) is 82.1 cm³/mol. The van der Waals surface area contributed by atoms with Crippen LogP contribution < -0.4 is 5.32 Å². The van der Waals surface area contributed by atoms with Crippen LogP contribution in [0.25, 0.3) is 0 Å². The van der Waals surface area contributed by atoms with Gasteiger partial charge in [0.15, 0.2) is 0 Å². The first kappa shape index (κ1) is 16.1. The summed E-state index contributed by atoms with van der Waals surface area (Å²) in [5.41, 5.74) is 0.0584. The first-order valence-corrected chi connectivity index (χ1v) is 7.56. The molecule has 0 aromatic heterocycles. The summed E-state index contributed by atoms with van der Waals surface area (Å²) in [4.78, 5) is 24.6. The van der Waals surface area contributed by atoms with E-state index in [-0.39, 0.29) is 6.04 Å². The van der Waals surface area contributed by atoms with Crippen molar-refractivity contribution in [1.82, 2.24) is 5.32 Å². The molecule has 2 aromatic rings. The van der Waals surface area contributed by atoms with Gasteiger partial charge in [-0.1, -0.05) is 30.3 Å². The minimum Gasteiger partial charge on any atom is -0.444 e. The molecule has 0 saturated heterocycles. The highest BCUT2D eigenvalue weighted by Gasteiger charge is 2.31. The van der Waals surface area contributed by atoms with E-state index in [1.54, 1.807) is 30.3 Å². The third-order valence-corrected chi connectivity index (χ3v) is 3.64. The van der Waals surface area contributed by atoms with Crippen LogP contribution in [0.2, 0.25) is 0 Å². The second-order valence-electron chi connectivity index (χ2n) is 5.60. The summed E-state index contributed by atoms with van der Waals surface area (Å²) >= 11 is 0. The van der Waals surface area contributed by atoms with Crippen molar-refractivity contribution < 1.29 is 23.1 Å². The van der Waals surface area contributed by atoms with Gasteiger partial charge in [0, 0.05) is 17.7 Å². The molecular weight excluding hydrogens is 316 g/mol. The number of benzene rings is 2. The van der Waals surface area contributed by atoms with E-state index in [9.17, 15) is 18.4 Å². The topological polar surface area (TPSA) is 55.4 Å². The molecule has 1 aliphatic carbocycles. The number of hydrogen-bond acceptors (Lipinski definition) is 3. The molecule has 1 atom stereocenters. The van der Waals surface area contributed by atoms with E-state index in [0.29, 0.717) is 11.6 Å². The summed E-state index contributed by atoms with van der Waals surface area (Å²) in [7, 11) is 0. The van der Waals surface area contributed by atoms with Crippen molar-refractivity contribution in [2.24, 2.45) is 0 Å². The van der Waals surface area contributed by atoms with Crippen LogP contribution >= 0.6 is 0 Å². The van der Waals surface area contributed by atoms with Crippen LogP contribution in [0.5, 0.6) is 0 Å². The number of carbonyl (C=O) groups is 2. The van der Waals surface area contributed by atoms with E-state index in [1.165, 1.54) is 0 Å². The Labute approximate surface area is 137 Å². The number of ether oxygens (including phenoxy) is 1. The Morgan fingerprint density at radius 3 is 2.42 bits per heavy atom. The molecule has 1 N–H and O–H groups in total. The molecule has 0 bridgehead atoms. The highest BCUT2D eigenvalue weighted by atomic mass is 19.1. The summed E-state index contributed by atoms with van der Waals surface area (Å²) in [5.74, 6) is -3.31. The molecule has 1 saturated carbocycles. The molecule has 1 fully saturated rings. The summed E-state index contributed by atoms with van der Waals surface area (Å²) in [6.45, 7) is 0. The van der Waals surface area contributed by atoms with Crippen LogP contribution in [0, 0.1) is 11.6 Å². The Bertz CT molecular complexity index is 760. The van der Waals surface area contributed by atoms with E-state index >= 15 is 0 Å². The molecule has 0 heterocycles. The molecule has 0 aliphatic heterocycles. The van der Waals surface area contributed by atoms with Gasteiger partial charge in [0.25, 0.3) is 5.91 Å². The summed E-state index contributed by atoms with van der Waals surface area (Å²) < 4.78 is 31.9. The fourth-order valence-electron chi connectivity index (χ4n) is 2.23. The van der Waals surface area contributed by atoms with Gasteiger partial charge in [0.2, 0.25) is 6.10 Å². The molecule has 1 aliphatic rings. The third-order valence-electron chi connectivity index (χ3n) is 3.64. The zero-order chi connectivity index (χ0) is 17.1. The molecule has 0 radical (unpaired) electrons.